The van der Waals surface area contributed by atoms with Crippen LogP contribution >= 0.6 is 11.6 Å². The fourth-order valence-electron chi connectivity index (χ4n) is 4.84. The standard InChI is InChI=1S/C19H24ClN3O3/c1-2-3-17(24)23-10-14-13(16-6-7-19(14,11-23)26-16)9-22-18(25)15-5-4-12(20)8-21-15/h4-5,8,13-14,16H,2-3,6-7,9-11H2,1H3,(H,22,25)/t13-,14+,16+,19+/m0/s1. The van der Waals surface area contributed by atoms with Crippen molar-refractivity contribution >= 4 is 23.4 Å². The summed E-state index contributed by atoms with van der Waals surface area (Å²) in [4.78, 5) is 30.7. The first-order chi connectivity index (χ1) is 12.5. The molecule has 1 aromatic heterocycles. The Morgan fingerprint density at radius 3 is 3.04 bits per heavy atom. The lowest BCUT2D eigenvalue weighted by atomic mass is 9.73. The Bertz CT molecular complexity index is 710. The van der Waals surface area contributed by atoms with E-state index in [-0.39, 0.29) is 29.4 Å². The predicted octanol–water partition coefficient (Wildman–Crippen LogP) is 2.27. The highest BCUT2D eigenvalue weighted by Gasteiger charge is 2.63. The molecule has 0 aliphatic carbocycles. The summed E-state index contributed by atoms with van der Waals surface area (Å²) >= 11 is 5.82. The largest absolute Gasteiger partial charge is 0.369 e. The normalized spacial score (nSPS) is 31.9. The molecule has 0 saturated carbocycles. The van der Waals surface area contributed by atoms with Crippen LogP contribution in [0.15, 0.2) is 18.3 Å². The third-order valence-corrected chi connectivity index (χ3v) is 6.28. The average molecular weight is 378 g/mol. The molecular weight excluding hydrogens is 354 g/mol. The topological polar surface area (TPSA) is 71.5 Å². The smallest absolute Gasteiger partial charge is 0.269 e. The van der Waals surface area contributed by atoms with Crippen LogP contribution in [0.4, 0.5) is 0 Å². The summed E-state index contributed by atoms with van der Waals surface area (Å²) in [5, 5.41) is 3.50. The van der Waals surface area contributed by atoms with Crippen LogP contribution in [0.5, 0.6) is 0 Å². The first-order valence-corrected chi connectivity index (χ1v) is 9.75. The van der Waals surface area contributed by atoms with Crippen molar-refractivity contribution in [3.63, 3.8) is 0 Å². The second-order valence-electron chi connectivity index (χ2n) is 7.63. The number of amides is 2. The number of fused-ring (bicyclic) bond motifs is 1. The lowest BCUT2D eigenvalue weighted by molar-refractivity contribution is -0.131. The van der Waals surface area contributed by atoms with Crippen LogP contribution < -0.4 is 5.32 Å². The number of aromatic nitrogens is 1. The van der Waals surface area contributed by atoms with Crippen LogP contribution in [0, 0.1) is 11.8 Å². The summed E-state index contributed by atoms with van der Waals surface area (Å²) in [5.74, 6) is 0.576. The molecule has 0 unspecified atom stereocenters. The van der Waals surface area contributed by atoms with Crippen molar-refractivity contribution in [3.05, 3.63) is 29.0 Å². The van der Waals surface area contributed by atoms with E-state index in [0.717, 1.165) is 25.8 Å². The molecule has 6 nitrogen and oxygen atoms in total. The third kappa shape index (κ3) is 2.99. The van der Waals surface area contributed by atoms with Gasteiger partial charge in [0, 0.05) is 37.5 Å². The second kappa shape index (κ2) is 6.82. The summed E-state index contributed by atoms with van der Waals surface area (Å²) < 4.78 is 6.33. The van der Waals surface area contributed by atoms with Crippen molar-refractivity contribution in [2.45, 2.75) is 44.3 Å². The summed E-state index contributed by atoms with van der Waals surface area (Å²) in [6.45, 7) is 4.03. The predicted molar refractivity (Wildman–Crippen MR) is 96.9 cm³/mol. The van der Waals surface area contributed by atoms with E-state index in [2.05, 4.69) is 10.3 Å². The number of halogens is 1. The van der Waals surface area contributed by atoms with Crippen molar-refractivity contribution < 1.29 is 14.3 Å². The van der Waals surface area contributed by atoms with Gasteiger partial charge in [-0.15, -0.1) is 0 Å². The van der Waals surface area contributed by atoms with E-state index in [1.54, 1.807) is 12.1 Å². The minimum atomic E-state index is -0.199. The van der Waals surface area contributed by atoms with Gasteiger partial charge in [-0.25, -0.2) is 4.98 Å². The van der Waals surface area contributed by atoms with Crippen molar-refractivity contribution in [1.29, 1.82) is 0 Å². The Labute approximate surface area is 158 Å². The Balaban J connectivity index is 1.41. The minimum absolute atomic E-state index is 0.182. The highest BCUT2D eigenvalue weighted by Crippen LogP contribution is 2.54. The number of nitrogens with zero attached hydrogens (tertiary/aromatic N) is 2. The van der Waals surface area contributed by atoms with Crippen LogP contribution in [0.25, 0.3) is 0 Å². The number of pyridine rings is 1. The average Bonchev–Trinajstić information content (AvgIpc) is 3.29. The van der Waals surface area contributed by atoms with Gasteiger partial charge in [0.15, 0.2) is 0 Å². The lowest BCUT2D eigenvalue weighted by Crippen LogP contribution is -2.42. The van der Waals surface area contributed by atoms with E-state index in [4.69, 9.17) is 16.3 Å². The maximum Gasteiger partial charge on any atom is 0.269 e. The maximum absolute atomic E-state index is 12.3. The van der Waals surface area contributed by atoms with Crippen molar-refractivity contribution in [1.82, 2.24) is 15.2 Å². The molecule has 0 aromatic carbocycles. The number of ether oxygens (including phenoxy) is 1. The molecule has 26 heavy (non-hydrogen) atoms. The van der Waals surface area contributed by atoms with Crippen LogP contribution in [-0.2, 0) is 9.53 Å². The molecule has 3 fully saturated rings. The van der Waals surface area contributed by atoms with Gasteiger partial charge in [0.25, 0.3) is 5.91 Å². The van der Waals surface area contributed by atoms with Gasteiger partial charge in [0.2, 0.25) is 5.91 Å². The molecule has 4 rings (SSSR count). The van der Waals surface area contributed by atoms with Crippen LogP contribution in [0.2, 0.25) is 5.02 Å². The van der Waals surface area contributed by atoms with Crippen LogP contribution in [0.3, 0.4) is 0 Å². The molecule has 140 valence electrons. The summed E-state index contributed by atoms with van der Waals surface area (Å²) in [6.07, 6.45) is 5.13. The Morgan fingerprint density at radius 1 is 1.46 bits per heavy atom. The van der Waals surface area contributed by atoms with Gasteiger partial charge in [0.05, 0.1) is 23.3 Å². The monoisotopic (exact) mass is 377 g/mol. The fraction of sp³-hybridized carbons (Fsp3) is 0.632. The molecule has 3 aliphatic heterocycles. The molecule has 0 radical (unpaired) electrons. The lowest BCUT2D eigenvalue weighted by Gasteiger charge is -2.29. The maximum atomic E-state index is 12.3. The van der Waals surface area contributed by atoms with Gasteiger partial charge >= 0.3 is 0 Å². The zero-order chi connectivity index (χ0) is 18.3. The van der Waals surface area contributed by atoms with Crippen LogP contribution in [-0.4, -0.2) is 53.0 Å². The number of carbonyl (C=O) groups excluding carboxylic acids is 2. The van der Waals surface area contributed by atoms with E-state index in [0.29, 0.717) is 36.1 Å². The number of hydrogen-bond acceptors (Lipinski definition) is 4. The number of rotatable bonds is 5. The molecule has 2 amide bonds. The molecule has 1 N–H and O–H groups in total. The molecule has 4 heterocycles. The van der Waals surface area contributed by atoms with Gasteiger partial charge in [-0.05, 0) is 31.4 Å². The van der Waals surface area contributed by atoms with E-state index < -0.39 is 0 Å². The zero-order valence-electron chi connectivity index (χ0n) is 14.9. The number of likely N-dealkylation sites (tertiary alicyclic amines) is 1. The fourth-order valence-corrected chi connectivity index (χ4v) is 4.95. The molecule has 4 atom stereocenters. The number of hydrogen-bond donors (Lipinski definition) is 1. The van der Waals surface area contributed by atoms with Crippen molar-refractivity contribution in [2.24, 2.45) is 11.8 Å². The minimum Gasteiger partial charge on any atom is -0.369 e. The quantitative estimate of drug-likeness (QED) is 0.854. The SMILES string of the molecule is CCCC(=O)N1C[C@@H]2[C@H](CNC(=O)c3ccc(Cl)cn3)[C@H]3CC[C@]2(C1)O3. The molecule has 3 aliphatic rings. The van der Waals surface area contributed by atoms with E-state index in [9.17, 15) is 9.59 Å². The highest BCUT2D eigenvalue weighted by molar-refractivity contribution is 6.30. The van der Waals surface area contributed by atoms with E-state index in [1.807, 2.05) is 11.8 Å². The van der Waals surface area contributed by atoms with Gasteiger partial charge in [-0.3, -0.25) is 9.59 Å². The Morgan fingerprint density at radius 2 is 2.31 bits per heavy atom. The molecule has 7 heteroatoms. The third-order valence-electron chi connectivity index (χ3n) is 6.06. The van der Waals surface area contributed by atoms with Gasteiger partial charge in [-0.2, -0.15) is 0 Å². The molecular formula is C19H24ClN3O3. The zero-order valence-corrected chi connectivity index (χ0v) is 15.7. The van der Waals surface area contributed by atoms with Crippen molar-refractivity contribution in [2.75, 3.05) is 19.6 Å². The summed E-state index contributed by atoms with van der Waals surface area (Å²) in [5.41, 5.74) is 0.168. The Hall–Kier alpha value is -1.66. The van der Waals surface area contributed by atoms with Gasteiger partial charge in [-0.1, -0.05) is 18.5 Å². The number of carbonyl (C=O) groups is 2. The molecule has 2 bridgehead atoms. The summed E-state index contributed by atoms with van der Waals surface area (Å²) in [6, 6.07) is 3.28. The first-order valence-electron chi connectivity index (χ1n) is 9.38. The Kier molecular flexibility index (Phi) is 4.65. The summed E-state index contributed by atoms with van der Waals surface area (Å²) in [7, 11) is 0. The molecule has 1 aromatic rings. The van der Waals surface area contributed by atoms with Crippen molar-refractivity contribution in [3.8, 4) is 0 Å². The molecule has 1 spiro atoms. The van der Waals surface area contributed by atoms with Crippen LogP contribution in [0.1, 0.15) is 43.1 Å². The second-order valence-corrected chi connectivity index (χ2v) is 8.06. The number of nitrogens with one attached hydrogen (secondary N) is 1. The molecule has 3 saturated heterocycles. The van der Waals surface area contributed by atoms with Gasteiger partial charge in [0.1, 0.15) is 5.69 Å². The first kappa shape index (κ1) is 17.7. The van der Waals surface area contributed by atoms with Gasteiger partial charge < -0.3 is 15.0 Å². The van der Waals surface area contributed by atoms with E-state index >= 15 is 0 Å². The highest BCUT2D eigenvalue weighted by atomic mass is 35.5. The van der Waals surface area contributed by atoms with E-state index in [1.165, 1.54) is 6.20 Å².